The van der Waals surface area contributed by atoms with Gasteiger partial charge in [-0.25, -0.2) is 4.39 Å². The van der Waals surface area contributed by atoms with Crippen molar-refractivity contribution in [2.75, 3.05) is 19.6 Å². The second-order valence-electron chi connectivity index (χ2n) is 5.94. The van der Waals surface area contributed by atoms with Gasteiger partial charge in [-0.2, -0.15) is 0 Å². The third-order valence-corrected chi connectivity index (χ3v) is 4.22. The summed E-state index contributed by atoms with van der Waals surface area (Å²) < 4.78 is 13.7. The number of piperidine rings is 1. The van der Waals surface area contributed by atoms with Crippen molar-refractivity contribution >= 4 is 5.91 Å². The Hall–Kier alpha value is -1.68. The Balaban J connectivity index is 1.68. The predicted molar refractivity (Wildman–Crippen MR) is 86.8 cm³/mol. The smallest absolute Gasteiger partial charge is 0.220 e. The van der Waals surface area contributed by atoms with Crippen LogP contribution in [-0.4, -0.2) is 30.4 Å². The van der Waals surface area contributed by atoms with Gasteiger partial charge in [0.05, 0.1) is 0 Å². The molecule has 0 aliphatic carbocycles. The van der Waals surface area contributed by atoms with Gasteiger partial charge < -0.3 is 5.32 Å². The van der Waals surface area contributed by atoms with Crippen LogP contribution < -0.4 is 5.32 Å². The molecule has 1 fully saturated rings. The zero-order chi connectivity index (χ0) is 15.8. The number of likely N-dealkylation sites (tertiary alicyclic amines) is 1. The summed E-state index contributed by atoms with van der Waals surface area (Å²) in [6.45, 7) is 6.96. The lowest BCUT2D eigenvalue weighted by Crippen LogP contribution is -2.38. The van der Waals surface area contributed by atoms with Gasteiger partial charge in [-0.15, -0.1) is 6.58 Å². The fraction of sp³-hybridized carbons (Fsp3) is 0.500. The molecule has 0 unspecified atom stereocenters. The molecule has 2 rings (SSSR count). The maximum atomic E-state index is 13.7. The third kappa shape index (κ3) is 5.26. The van der Waals surface area contributed by atoms with E-state index < -0.39 is 0 Å². The van der Waals surface area contributed by atoms with Gasteiger partial charge in [-0.05, 0) is 44.3 Å². The van der Waals surface area contributed by atoms with E-state index in [9.17, 15) is 9.18 Å². The average molecular weight is 304 g/mol. The molecule has 0 bridgehead atoms. The first-order valence-corrected chi connectivity index (χ1v) is 8.02. The van der Waals surface area contributed by atoms with Crippen LogP contribution in [0.5, 0.6) is 0 Å². The van der Waals surface area contributed by atoms with Gasteiger partial charge in [-0.3, -0.25) is 9.69 Å². The van der Waals surface area contributed by atoms with Crippen LogP contribution in [0.25, 0.3) is 0 Å². The van der Waals surface area contributed by atoms with Crippen molar-refractivity contribution in [3.05, 3.63) is 48.3 Å². The Kier molecular flexibility index (Phi) is 6.59. The van der Waals surface area contributed by atoms with Crippen LogP contribution >= 0.6 is 0 Å². The summed E-state index contributed by atoms with van der Waals surface area (Å²) >= 11 is 0. The average Bonchev–Trinajstić information content (AvgIpc) is 2.54. The number of carbonyl (C=O) groups excluding carboxylic acids is 1. The first kappa shape index (κ1) is 16.7. The first-order chi connectivity index (χ1) is 10.7. The summed E-state index contributed by atoms with van der Waals surface area (Å²) in [6, 6.07) is 6.96. The molecule has 4 heteroatoms. The SMILES string of the molecule is C=CCCC(=O)NCC1CCN(Cc2ccccc2F)CC1. The fourth-order valence-electron chi connectivity index (χ4n) is 2.80. The van der Waals surface area contributed by atoms with Gasteiger partial charge in [0.2, 0.25) is 5.91 Å². The normalized spacial score (nSPS) is 16.4. The first-order valence-electron chi connectivity index (χ1n) is 8.02. The number of amides is 1. The minimum absolute atomic E-state index is 0.105. The molecule has 1 N–H and O–H groups in total. The largest absolute Gasteiger partial charge is 0.356 e. The molecule has 1 aliphatic rings. The molecule has 0 spiro atoms. The van der Waals surface area contributed by atoms with Gasteiger partial charge in [0, 0.05) is 25.1 Å². The van der Waals surface area contributed by atoms with E-state index >= 15 is 0 Å². The summed E-state index contributed by atoms with van der Waals surface area (Å²) in [4.78, 5) is 13.9. The van der Waals surface area contributed by atoms with Gasteiger partial charge >= 0.3 is 0 Å². The summed E-state index contributed by atoms with van der Waals surface area (Å²) in [6.07, 6.45) is 5.12. The Morgan fingerprint density at radius 3 is 2.77 bits per heavy atom. The van der Waals surface area contributed by atoms with Crippen LogP contribution in [0.3, 0.4) is 0 Å². The molecule has 0 radical (unpaired) electrons. The van der Waals surface area contributed by atoms with Crippen molar-refractivity contribution in [2.24, 2.45) is 5.92 Å². The molecule has 120 valence electrons. The van der Waals surface area contributed by atoms with Crippen LogP contribution in [0.4, 0.5) is 4.39 Å². The van der Waals surface area contributed by atoms with E-state index in [1.165, 1.54) is 6.07 Å². The quantitative estimate of drug-likeness (QED) is 0.785. The number of allylic oxidation sites excluding steroid dienone is 1. The molecule has 1 aliphatic heterocycles. The molecular weight excluding hydrogens is 279 g/mol. The Bertz CT molecular complexity index is 496. The number of nitrogens with one attached hydrogen (secondary N) is 1. The molecule has 0 aromatic heterocycles. The van der Waals surface area contributed by atoms with E-state index in [2.05, 4.69) is 16.8 Å². The zero-order valence-corrected chi connectivity index (χ0v) is 13.1. The molecular formula is C18H25FN2O. The van der Waals surface area contributed by atoms with Crippen LogP contribution in [0.1, 0.15) is 31.2 Å². The van der Waals surface area contributed by atoms with Crippen molar-refractivity contribution in [3.63, 3.8) is 0 Å². The van der Waals surface area contributed by atoms with Gasteiger partial charge in [0.15, 0.2) is 0 Å². The monoisotopic (exact) mass is 304 g/mol. The van der Waals surface area contributed by atoms with E-state index in [-0.39, 0.29) is 11.7 Å². The van der Waals surface area contributed by atoms with E-state index in [4.69, 9.17) is 0 Å². The van der Waals surface area contributed by atoms with E-state index in [0.717, 1.165) is 44.5 Å². The van der Waals surface area contributed by atoms with E-state index in [1.807, 2.05) is 12.1 Å². The number of nitrogens with zero attached hydrogens (tertiary/aromatic N) is 1. The van der Waals surface area contributed by atoms with Crippen molar-refractivity contribution in [3.8, 4) is 0 Å². The molecule has 0 atom stereocenters. The van der Waals surface area contributed by atoms with Gasteiger partial charge in [0.25, 0.3) is 0 Å². The fourth-order valence-corrected chi connectivity index (χ4v) is 2.80. The van der Waals surface area contributed by atoms with Crippen molar-refractivity contribution in [1.29, 1.82) is 0 Å². The summed E-state index contributed by atoms with van der Waals surface area (Å²) in [5.41, 5.74) is 0.763. The minimum Gasteiger partial charge on any atom is -0.356 e. The second-order valence-corrected chi connectivity index (χ2v) is 5.94. The zero-order valence-electron chi connectivity index (χ0n) is 13.1. The molecule has 1 aromatic carbocycles. The number of benzene rings is 1. The Morgan fingerprint density at radius 1 is 1.36 bits per heavy atom. The van der Waals surface area contributed by atoms with Crippen LogP contribution in [0.2, 0.25) is 0 Å². The highest BCUT2D eigenvalue weighted by Crippen LogP contribution is 2.19. The third-order valence-electron chi connectivity index (χ3n) is 4.22. The summed E-state index contributed by atoms with van der Waals surface area (Å²) in [7, 11) is 0. The van der Waals surface area contributed by atoms with Crippen molar-refractivity contribution < 1.29 is 9.18 Å². The number of hydrogen-bond donors (Lipinski definition) is 1. The second kappa shape index (κ2) is 8.69. The highest BCUT2D eigenvalue weighted by atomic mass is 19.1. The highest BCUT2D eigenvalue weighted by molar-refractivity contribution is 5.75. The van der Waals surface area contributed by atoms with Crippen LogP contribution in [0.15, 0.2) is 36.9 Å². The highest BCUT2D eigenvalue weighted by Gasteiger charge is 2.20. The standard InChI is InChI=1S/C18H25FN2O/c1-2-3-8-18(22)20-13-15-9-11-21(12-10-15)14-16-6-4-5-7-17(16)19/h2,4-7,15H,1,3,8-14H2,(H,20,22). The molecule has 1 heterocycles. The van der Waals surface area contributed by atoms with Crippen LogP contribution in [-0.2, 0) is 11.3 Å². The topological polar surface area (TPSA) is 32.3 Å². The van der Waals surface area contributed by atoms with E-state index in [1.54, 1.807) is 12.1 Å². The van der Waals surface area contributed by atoms with E-state index in [0.29, 0.717) is 18.9 Å². The molecule has 1 saturated heterocycles. The van der Waals surface area contributed by atoms with Crippen LogP contribution in [0, 0.1) is 11.7 Å². The molecule has 22 heavy (non-hydrogen) atoms. The summed E-state index contributed by atoms with van der Waals surface area (Å²) in [5.74, 6) is 0.511. The Labute approximate surface area is 132 Å². The number of hydrogen-bond acceptors (Lipinski definition) is 2. The lowest BCUT2D eigenvalue weighted by molar-refractivity contribution is -0.121. The number of rotatable bonds is 7. The van der Waals surface area contributed by atoms with Gasteiger partial charge in [0.1, 0.15) is 5.82 Å². The minimum atomic E-state index is -0.126. The molecule has 0 saturated carbocycles. The molecule has 1 aromatic rings. The maximum Gasteiger partial charge on any atom is 0.220 e. The maximum absolute atomic E-state index is 13.7. The molecule has 3 nitrogen and oxygen atoms in total. The summed E-state index contributed by atoms with van der Waals surface area (Å²) in [5, 5.41) is 3.00. The lowest BCUT2D eigenvalue weighted by atomic mass is 9.96. The van der Waals surface area contributed by atoms with Gasteiger partial charge in [-0.1, -0.05) is 24.3 Å². The Morgan fingerprint density at radius 2 is 2.09 bits per heavy atom. The molecule has 1 amide bonds. The lowest BCUT2D eigenvalue weighted by Gasteiger charge is -2.32. The van der Waals surface area contributed by atoms with Crippen molar-refractivity contribution in [2.45, 2.75) is 32.2 Å². The van der Waals surface area contributed by atoms with Crippen molar-refractivity contribution in [1.82, 2.24) is 10.2 Å². The number of carbonyl (C=O) groups is 1. The number of halogens is 1. The predicted octanol–water partition coefficient (Wildman–Crippen LogP) is 3.12.